The third kappa shape index (κ3) is 4.57. The van der Waals surface area contributed by atoms with Gasteiger partial charge in [-0.2, -0.15) is 0 Å². The predicted molar refractivity (Wildman–Crippen MR) is 76.3 cm³/mol. The van der Waals surface area contributed by atoms with Crippen molar-refractivity contribution in [3.63, 3.8) is 0 Å². The van der Waals surface area contributed by atoms with Crippen LogP contribution in [0.15, 0.2) is 54.6 Å². The van der Waals surface area contributed by atoms with Gasteiger partial charge in [-0.15, -0.1) is 0 Å². The van der Waals surface area contributed by atoms with E-state index < -0.39 is 0 Å². The molecule has 0 saturated carbocycles. The summed E-state index contributed by atoms with van der Waals surface area (Å²) in [6.45, 7) is 1.34. The first-order valence-electron chi connectivity index (χ1n) is 6.34. The molecule has 2 rings (SSSR count). The number of rotatable bonds is 4. The number of halogens is 1. The van der Waals surface area contributed by atoms with E-state index in [9.17, 15) is 4.39 Å². The van der Waals surface area contributed by atoms with Crippen molar-refractivity contribution in [2.75, 3.05) is 13.1 Å². The zero-order chi connectivity index (χ0) is 13.3. The molecule has 1 nitrogen and oxygen atoms in total. The summed E-state index contributed by atoms with van der Waals surface area (Å²) in [5, 5.41) is 3.19. The average Bonchev–Trinajstić information content (AvgIpc) is 2.45. The molecule has 0 atom stereocenters. The zero-order valence-electron chi connectivity index (χ0n) is 10.7. The summed E-state index contributed by atoms with van der Waals surface area (Å²) in [6, 6.07) is 16.7. The van der Waals surface area contributed by atoms with Crippen LogP contribution in [0.2, 0.25) is 0 Å². The Morgan fingerprint density at radius 1 is 0.947 bits per heavy atom. The first-order valence-corrected chi connectivity index (χ1v) is 6.34. The maximum absolute atomic E-state index is 13.3. The minimum absolute atomic E-state index is 0.139. The van der Waals surface area contributed by atoms with Crippen molar-refractivity contribution in [2.45, 2.75) is 6.42 Å². The SMILES string of the molecule is Fc1ccccc1CCNCC#Cc1ccccc1. The molecule has 96 valence electrons. The fraction of sp³-hybridized carbons (Fsp3) is 0.176. The highest BCUT2D eigenvalue weighted by molar-refractivity contribution is 5.33. The number of nitrogens with one attached hydrogen (secondary N) is 1. The van der Waals surface area contributed by atoms with Crippen molar-refractivity contribution in [3.05, 3.63) is 71.5 Å². The highest BCUT2D eigenvalue weighted by Gasteiger charge is 1.98. The highest BCUT2D eigenvalue weighted by Crippen LogP contribution is 2.05. The summed E-state index contributed by atoms with van der Waals surface area (Å²) < 4.78 is 13.3. The molecule has 0 aliphatic heterocycles. The van der Waals surface area contributed by atoms with Gasteiger partial charge in [-0.1, -0.05) is 48.2 Å². The van der Waals surface area contributed by atoms with Gasteiger partial charge in [0, 0.05) is 12.1 Å². The van der Waals surface area contributed by atoms with Crippen molar-refractivity contribution in [3.8, 4) is 11.8 Å². The van der Waals surface area contributed by atoms with Gasteiger partial charge in [-0.3, -0.25) is 0 Å². The standard InChI is InChI=1S/C17H16FN/c18-17-11-5-4-10-16(17)12-14-19-13-6-9-15-7-2-1-3-8-15/h1-5,7-8,10-11,19H,12-14H2. The second-order valence-corrected chi connectivity index (χ2v) is 4.19. The van der Waals surface area contributed by atoms with Gasteiger partial charge >= 0.3 is 0 Å². The molecule has 0 heterocycles. The Labute approximate surface area is 113 Å². The Balaban J connectivity index is 1.71. The second-order valence-electron chi connectivity index (χ2n) is 4.19. The van der Waals surface area contributed by atoms with Crippen molar-refractivity contribution in [1.29, 1.82) is 0 Å². The largest absolute Gasteiger partial charge is 0.306 e. The normalized spacial score (nSPS) is 9.74. The van der Waals surface area contributed by atoms with Crippen molar-refractivity contribution < 1.29 is 4.39 Å². The van der Waals surface area contributed by atoms with Crippen LogP contribution < -0.4 is 5.32 Å². The van der Waals surface area contributed by atoms with Crippen LogP contribution in [-0.4, -0.2) is 13.1 Å². The molecule has 0 bridgehead atoms. The van der Waals surface area contributed by atoms with Gasteiger partial charge in [0.1, 0.15) is 5.82 Å². The Morgan fingerprint density at radius 2 is 1.68 bits per heavy atom. The van der Waals surface area contributed by atoms with Crippen LogP contribution in [0.3, 0.4) is 0 Å². The van der Waals surface area contributed by atoms with Crippen LogP contribution in [0, 0.1) is 17.7 Å². The van der Waals surface area contributed by atoms with Crippen LogP contribution in [0.5, 0.6) is 0 Å². The topological polar surface area (TPSA) is 12.0 Å². The van der Waals surface area contributed by atoms with E-state index in [1.807, 2.05) is 42.5 Å². The molecule has 2 heteroatoms. The Hall–Kier alpha value is -2.11. The lowest BCUT2D eigenvalue weighted by Gasteiger charge is -2.02. The lowest BCUT2D eigenvalue weighted by molar-refractivity contribution is 0.603. The summed E-state index contributed by atoms with van der Waals surface area (Å²) >= 11 is 0. The first-order chi connectivity index (χ1) is 9.36. The Bertz CT molecular complexity index is 567. The monoisotopic (exact) mass is 253 g/mol. The number of benzene rings is 2. The quantitative estimate of drug-likeness (QED) is 0.652. The maximum Gasteiger partial charge on any atom is 0.126 e. The molecule has 1 N–H and O–H groups in total. The van der Waals surface area contributed by atoms with Gasteiger partial charge < -0.3 is 5.32 Å². The van der Waals surface area contributed by atoms with Crippen molar-refractivity contribution in [1.82, 2.24) is 5.32 Å². The molecule has 19 heavy (non-hydrogen) atoms. The van der Waals surface area contributed by atoms with Crippen LogP contribution in [0.25, 0.3) is 0 Å². The molecular weight excluding hydrogens is 237 g/mol. The molecule has 0 radical (unpaired) electrons. The smallest absolute Gasteiger partial charge is 0.126 e. The number of hydrogen-bond donors (Lipinski definition) is 1. The van der Waals surface area contributed by atoms with Gasteiger partial charge in [0.15, 0.2) is 0 Å². The van der Waals surface area contributed by atoms with Crippen LogP contribution in [-0.2, 0) is 6.42 Å². The molecule has 0 aliphatic carbocycles. The zero-order valence-corrected chi connectivity index (χ0v) is 10.7. The molecule has 2 aromatic rings. The van der Waals surface area contributed by atoms with Crippen LogP contribution in [0.1, 0.15) is 11.1 Å². The molecular formula is C17H16FN. The molecule has 2 aromatic carbocycles. The highest BCUT2D eigenvalue weighted by atomic mass is 19.1. The molecule has 0 aromatic heterocycles. The first kappa shape index (κ1) is 13.3. The summed E-state index contributed by atoms with van der Waals surface area (Å²) in [5.41, 5.74) is 1.75. The maximum atomic E-state index is 13.3. The van der Waals surface area contributed by atoms with Crippen molar-refractivity contribution in [2.24, 2.45) is 0 Å². The van der Waals surface area contributed by atoms with Crippen molar-refractivity contribution >= 4 is 0 Å². The fourth-order valence-corrected chi connectivity index (χ4v) is 1.74. The summed E-state index contributed by atoms with van der Waals surface area (Å²) in [7, 11) is 0. The lowest BCUT2D eigenvalue weighted by atomic mass is 10.1. The molecule has 0 aliphatic rings. The van der Waals surface area contributed by atoms with Gasteiger partial charge in [-0.05, 0) is 30.2 Å². The van der Waals surface area contributed by atoms with Gasteiger partial charge in [0.05, 0.1) is 6.54 Å². The number of hydrogen-bond acceptors (Lipinski definition) is 1. The van der Waals surface area contributed by atoms with E-state index in [1.165, 1.54) is 6.07 Å². The molecule has 0 amide bonds. The minimum atomic E-state index is -0.139. The molecule has 0 spiro atoms. The average molecular weight is 253 g/mol. The third-order valence-electron chi connectivity index (χ3n) is 2.75. The molecule has 0 unspecified atom stereocenters. The van der Waals surface area contributed by atoms with E-state index in [4.69, 9.17) is 0 Å². The van der Waals surface area contributed by atoms with Crippen LogP contribution >= 0.6 is 0 Å². The van der Waals surface area contributed by atoms with E-state index in [2.05, 4.69) is 17.2 Å². The molecule has 0 saturated heterocycles. The third-order valence-corrected chi connectivity index (χ3v) is 2.75. The van der Waals surface area contributed by atoms with E-state index in [0.717, 1.165) is 17.7 Å². The van der Waals surface area contributed by atoms with Crippen LogP contribution in [0.4, 0.5) is 4.39 Å². The van der Waals surface area contributed by atoms with E-state index in [-0.39, 0.29) is 5.82 Å². The lowest BCUT2D eigenvalue weighted by Crippen LogP contribution is -2.17. The second kappa shape index (κ2) is 7.35. The molecule has 0 fully saturated rings. The summed E-state index contributed by atoms with van der Waals surface area (Å²) in [4.78, 5) is 0. The Morgan fingerprint density at radius 3 is 2.47 bits per heavy atom. The summed E-state index contributed by atoms with van der Waals surface area (Å²) in [6.07, 6.45) is 0.680. The summed E-state index contributed by atoms with van der Waals surface area (Å²) in [5.74, 6) is 5.98. The van der Waals surface area contributed by atoms with Gasteiger partial charge in [-0.25, -0.2) is 4.39 Å². The van der Waals surface area contributed by atoms with Gasteiger partial charge in [0.2, 0.25) is 0 Å². The predicted octanol–water partition coefficient (Wildman–Crippen LogP) is 3.01. The Kier molecular flexibility index (Phi) is 5.16. The van der Waals surface area contributed by atoms with Gasteiger partial charge in [0.25, 0.3) is 0 Å². The van der Waals surface area contributed by atoms with E-state index >= 15 is 0 Å². The minimum Gasteiger partial charge on any atom is -0.306 e. The van der Waals surface area contributed by atoms with E-state index in [0.29, 0.717) is 13.0 Å². The van der Waals surface area contributed by atoms with E-state index in [1.54, 1.807) is 6.07 Å². The fourth-order valence-electron chi connectivity index (χ4n) is 1.74.